The molecule has 1 aliphatic heterocycles. The van der Waals surface area contributed by atoms with Gasteiger partial charge in [-0.1, -0.05) is 39.4 Å². The predicted octanol–water partition coefficient (Wildman–Crippen LogP) is 3.13. The summed E-state index contributed by atoms with van der Waals surface area (Å²) in [6.07, 6.45) is 3.57. The Balaban J connectivity index is 1.57. The number of alkyl halides is 1. The number of nitrogens with two attached hydrogens (primary N) is 1. The lowest BCUT2D eigenvalue weighted by atomic mass is 10.1. The highest BCUT2D eigenvalue weighted by molar-refractivity contribution is 9.09. The lowest BCUT2D eigenvalue weighted by Crippen LogP contribution is -2.30. The minimum absolute atomic E-state index is 0.327. The van der Waals surface area contributed by atoms with Crippen LogP contribution in [0.1, 0.15) is 19.3 Å². The molecule has 0 atom stereocenters. The molecule has 3 aromatic rings. The molecule has 2 aromatic heterocycles. The Morgan fingerprint density at radius 1 is 1.19 bits per heavy atom. The van der Waals surface area contributed by atoms with Crippen LogP contribution >= 0.6 is 27.3 Å². The zero-order chi connectivity index (χ0) is 18.6. The van der Waals surface area contributed by atoms with E-state index in [4.69, 9.17) is 10.5 Å². The van der Waals surface area contributed by atoms with Gasteiger partial charge in [0.25, 0.3) is 0 Å². The fourth-order valence-corrected chi connectivity index (χ4v) is 3.94. The SMILES string of the molecule is Nc1nc(N2CCCCC2)nn1-c1nnc(-c2cccc(OCCBr)c2)s1. The van der Waals surface area contributed by atoms with Crippen LogP contribution in [0.15, 0.2) is 24.3 Å². The summed E-state index contributed by atoms with van der Waals surface area (Å²) in [7, 11) is 0. The standard InChI is InChI=1S/C17H20BrN7OS/c18-7-10-26-13-6-4-5-12(11-13)14-21-22-17(27-14)25-15(19)20-16(23-25)24-8-2-1-3-9-24/h4-6,11H,1-3,7-10H2,(H2,19,20,23). The van der Waals surface area contributed by atoms with Gasteiger partial charge in [0.2, 0.25) is 17.0 Å². The predicted molar refractivity (Wildman–Crippen MR) is 110 cm³/mol. The molecule has 10 heteroatoms. The van der Waals surface area contributed by atoms with Crippen molar-refractivity contribution < 1.29 is 4.74 Å². The van der Waals surface area contributed by atoms with Gasteiger partial charge in [-0.25, -0.2) is 0 Å². The highest BCUT2D eigenvalue weighted by Crippen LogP contribution is 2.29. The van der Waals surface area contributed by atoms with Crippen molar-refractivity contribution in [1.29, 1.82) is 0 Å². The summed E-state index contributed by atoms with van der Waals surface area (Å²) in [6, 6.07) is 7.80. The van der Waals surface area contributed by atoms with Crippen molar-refractivity contribution in [3.63, 3.8) is 0 Å². The van der Waals surface area contributed by atoms with Crippen molar-refractivity contribution in [2.45, 2.75) is 19.3 Å². The van der Waals surface area contributed by atoms with Gasteiger partial charge < -0.3 is 15.4 Å². The minimum atomic E-state index is 0.327. The third-order valence-corrected chi connectivity index (χ3v) is 5.55. The van der Waals surface area contributed by atoms with Crippen LogP contribution in [0.2, 0.25) is 0 Å². The summed E-state index contributed by atoms with van der Waals surface area (Å²) in [6.45, 7) is 2.54. The van der Waals surface area contributed by atoms with Gasteiger partial charge in [-0.2, -0.15) is 9.67 Å². The van der Waals surface area contributed by atoms with E-state index in [9.17, 15) is 0 Å². The van der Waals surface area contributed by atoms with E-state index in [1.807, 2.05) is 24.3 Å². The third-order valence-electron chi connectivity index (χ3n) is 4.28. The van der Waals surface area contributed by atoms with Crippen LogP contribution in [0.5, 0.6) is 5.75 Å². The van der Waals surface area contributed by atoms with Crippen molar-refractivity contribution in [1.82, 2.24) is 25.0 Å². The highest BCUT2D eigenvalue weighted by Gasteiger charge is 2.19. The number of aromatic nitrogens is 5. The summed E-state index contributed by atoms with van der Waals surface area (Å²) in [5, 5.41) is 15.3. The summed E-state index contributed by atoms with van der Waals surface area (Å²) in [4.78, 5) is 6.58. The maximum Gasteiger partial charge on any atom is 0.247 e. The largest absolute Gasteiger partial charge is 0.493 e. The average Bonchev–Trinajstić information content (AvgIpc) is 3.34. The quantitative estimate of drug-likeness (QED) is 0.577. The van der Waals surface area contributed by atoms with Crippen LogP contribution in [0, 0.1) is 0 Å². The highest BCUT2D eigenvalue weighted by atomic mass is 79.9. The van der Waals surface area contributed by atoms with Gasteiger partial charge in [0.1, 0.15) is 10.8 Å². The van der Waals surface area contributed by atoms with Gasteiger partial charge >= 0.3 is 0 Å². The zero-order valence-electron chi connectivity index (χ0n) is 14.7. The molecule has 4 rings (SSSR count). The number of piperidine rings is 1. The molecule has 1 aromatic carbocycles. The molecule has 0 radical (unpaired) electrons. The van der Waals surface area contributed by atoms with E-state index in [1.165, 1.54) is 17.8 Å². The molecule has 1 aliphatic rings. The molecule has 2 N–H and O–H groups in total. The molecule has 3 heterocycles. The molecule has 0 unspecified atom stereocenters. The Kier molecular flexibility index (Phi) is 5.53. The number of hydrogen-bond acceptors (Lipinski definition) is 8. The Hall–Kier alpha value is -2.20. The molecule has 8 nitrogen and oxygen atoms in total. The molecule has 0 spiro atoms. The summed E-state index contributed by atoms with van der Waals surface area (Å²) in [5.74, 6) is 1.79. The molecule has 0 amide bonds. The van der Waals surface area contributed by atoms with Gasteiger partial charge in [-0.15, -0.1) is 15.3 Å². The van der Waals surface area contributed by atoms with E-state index in [0.717, 1.165) is 47.6 Å². The molecule has 142 valence electrons. The Labute approximate surface area is 169 Å². The number of ether oxygens (including phenoxy) is 1. The molecular formula is C17H20BrN7OS. The molecule has 27 heavy (non-hydrogen) atoms. The minimum Gasteiger partial charge on any atom is -0.493 e. The number of anilines is 2. The van der Waals surface area contributed by atoms with Crippen molar-refractivity contribution in [3.8, 4) is 21.5 Å². The lowest BCUT2D eigenvalue weighted by Gasteiger charge is -2.24. The molecule has 0 aliphatic carbocycles. The Morgan fingerprint density at radius 2 is 2.04 bits per heavy atom. The van der Waals surface area contributed by atoms with E-state index < -0.39 is 0 Å². The van der Waals surface area contributed by atoms with E-state index in [-0.39, 0.29) is 0 Å². The maximum atomic E-state index is 6.08. The maximum absolute atomic E-state index is 6.08. The van der Waals surface area contributed by atoms with Crippen molar-refractivity contribution in [2.24, 2.45) is 0 Å². The van der Waals surface area contributed by atoms with E-state index in [1.54, 1.807) is 4.68 Å². The number of hydrogen-bond donors (Lipinski definition) is 1. The van der Waals surface area contributed by atoms with Gasteiger partial charge in [0, 0.05) is 24.0 Å². The van der Waals surface area contributed by atoms with Gasteiger partial charge in [-0.05, 0) is 31.4 Å². The van der Waals surface area contributed by atoms with E-state index in [0.29, 0.717) is 23.6 Å². The second-order valence-corrected chi connectivity index (χ2v) is 7.93. The number of rotatable bonds is 6. The third kappa shape index (κ3) is 4.06. The van der Waals surface area contributed by atoms with Crippen LogP contribution in [-0.4, -0.2) is 50.0 Å². The molecule has 0 bridgehead atoms. The Bertz CT molecular complexity index is 906. The molecular weight excluding hydrogens is 430 g/mol. The van der Waals surface area contributed by atoms with Crippen LogP contribution in [-0.2, 0) is 0 Å². The number of benzene rings is 1. The first-order chi connectivity index (χ1) is 13.2. The topological polar surface area (TPSA) is 95.0 Å². The van der Waals surface area contributed by atoms with Crippen LogP contribution in [0.4, 0.5) is 11.9 Å². The number of nitrogens with zero attached hydrogens (tertiary/aromatic N) is 6. The van der Waals surface area contributed by atoms with Crippen molar-refractivity contribution in [3.05, 3.63) is 24.3 Å². The summed E-state index contributed by atoms with van der Waals surface area (Å²) < 4.78 is 7.22. The monoisotopic (exact) mass is 449 g/mol. The number of nitrogen functional groups attached to an aromatic ring is 1. The van der Waals surface area contributed by atoms with E-state index in [2.05, 4.69) is 41.1 Å². The molecule has 1 saturated heterocycles. The van der Waals surface area contributed by atoms with Crippen LogP contribution in [0.3, 0.4) is 0 Å². The van der Waals surface area contributed by atoms with Crippen molar-refractivity contribution in [2.75, 3.05) is 35.7 Å². The van der Waals surface area contributed by atoms with E-state index >= 15 is 0 Å². The number of halogens is 1. The second kappa shape index (κ2) is 8.22. The smallest absolute Gasteiger partial charge is 0.247 e. The van der Waals surface area contributed by atoms with Gasteiger partial charge in [0.05, 0.1) is 6.61 Å². The van der Waals surface area contributed by atoms with Gasteiger partial charge in [0.15, 0.2) is 0 Å². The van der Waals surface area contributed by atoms with Crippen molar-refractivity contribution >= 4 is 39.2 Å². The first kappa shape index (κ1) is 18.2. The first-order valence-electron chi connectivity index (χ1n) is 8.85. The lowest BCUT2D eigenvalue weighted by molar-refractivity contribution is 0.345. The van der Waals surface area contributed by atoms with Crippen LogP contribution in [0.25, 0.3) is 15.7 Å². The average molecular weight is 450 g/mol. The zero-order valence-corrected chi connectivity index (χ0v) is 17.1. The van der Waals surface area contributed by atoms with Gasteiger partial charge in [-0.3, -0.25) is 0 Å². The summed E-state index contributed by atoms with van der Waals surface area (Å²) >= 11 is 4.78. The summed E-state index contributed by atoms with van der Waals surface area (Å²) in [5.41, 5.74) is 7.03. The fraction of sp³-hybridized carbons (Fsp3) is 0.412. The molecule has 0 saturated carbocycles. The fourth-order valence-electron chi connectivity index (χ4n) is 2.97. The second-order valence-electron chi connectivity index (χ2n) is 6.18. The first-order valence-corrected chi connectivity index (χ1v) is 10.8. The Morgan fingerprint density at radius 3 is 2.85 bits per heavy atom. The van der Waals surface area contributed by atoms with Crippen LogP contribution < -0.4 is 15.4 Å². The normalized spacial score (nSPS) is 14.5. The molecule has 1 fully saturated rings.